The van der Waals surface area contributed by atoms with Gasteiger partial charge in [-0.3, -0.25) is 37.3 Å². The second-order valence-electron chi connectivity index (χ2n) is 27.4. The third-order valence-corrected chi connectivity index (χ3v) is 19.5. The first-order valence-corrected chi connectivity index (χ1v) is 41.5. The van der Waals surface area contributed by atoms with E-state index in [1.807, 2.05) is 0 Å². The molecule has 0 aliphatic heterocycles. The van der Waals surface area contributed by atoms with Gasteiger partial charge in [0.15, 0.2) is 12.2 Å². The maximum absolute atomic E-state index is 13.1. The van der Waals surface area contributed by atoms with Crippen LogP contribution in [0.4, 0.5) is 0 Å². The molecule has 552 valence electrons. The van der Waals surface area contributed by atoms with Crippen LogP contribution in [0.3, 0.4) is 0 Å². The van der Waals surface area contributed by atoms with Crippen LogP contribution in [0.1, 0.15) is 382 Å². The van der Waals surface area contributed by atoms with Crippen LogP contribution in [0.25, 0.3) is 0 Å². The van der Waals surface area contributed by atoms with Gasteiger partial charge in [-0.25, -0.2) is 9.13 Å². The van der Waals surface area contributed by atoms with Crippen molar-refractivity contribution in [2.45, 2.75) is 400 Å². The molecular formula is C74H144O17P2. The van der Waals surface area contributed by atoms with E-state index in [1.165, 1.54) is 193 Å². The molecule has 0 aromatic rings. The number of hydrogen-bond acceptors (Lipinski definition) is 15. The number of hydrogen-bond donors (Lipinski definition) is 3. The van der Waals surface area contributed by atoms with Crippen molar-refractivity contribution in [3.05, 3.63) is 0 Å². The molecule has 17 nitrogen and oxygen atoms in total. The second kappa shape index (κ2) is 66.0. The molecule has 0 saturated heterocycles. The Labute approximate surface area is 568 Å². The lowest BCUT2D eigenvalue weighted by Crippen LogP contribution is -2.30. The highest BCUT2D eigenvalue weighted by molar-refractivity contribution is 7.47. The first-order valence-electron chi connectivity index (χ1n) is 38.5. The van der Waals surface area contributed by atoms with E-state index in [4.69, 9.17) is 37.0 Å². The van der Waals surface area contributed by atoms with Gasteiger partial charge in [0.1, 0.15) is 19.3 Å². The molecule has 0 aromatic heterocycles. The standard InChI is InChI=1S/C74H144O17P2/c1-7-10-12-14-16-18-20-22-23-24-25-26-27-28-29-30-32-34-38-46-52-58-73(78)90-69(62-84-71(76)56-50-44-37-33-31-21-19-17-15-13-11-8-2)64-88-92(80,81)86-60-68(75)61-87-93(82,83)89-65-70(91-74(79)59-53-47-39-35-36-42-48-54-66(4)5)63-85-72(77)57-51-45-41-40-43-49-55-67(6)9-3/h66-70,75H,7-65H2,1-6H3,(H,80,81)(H,82,83)/t67?,68-,69-,70-/m1/s1. The maximum atomic E-state index is 13.1. The van der Waals surface area contributed by atoms with Gasteiger partial charge in [0, 0.05) is 25.7 Å². The van der Waals surface area contributed by atoms with Crippen LogP contribution in [-0.4, -0.2) is 96.7 Å². The molecule has 19 heteroatoms. The maximum Gasteiger partial charge on any atom is 0.472 e. The lowest BCUT2D eigenvalue weighted by atomic mass is 10.00. The van der Waals surface area contributed by atoms with Crippen LogP contribution < -0.4 is 0 Å². The lowest BCUT2D eigenvalue weighted by Gasteiger charge is -2.21. The summed E-state index contributed by atoms with van der Waals surface area (Å²) in [6.45, 7) is 9.47. The molecule has 0 amide bonds. The highest BCUT2D eigenvalue weighted by atomic mass is 31.2. The van der Waals surface area contributed by atoms with Crippen LogP contribution in [0.5, 0.6) is 0 Å². The molecule has 0 aromatic carbocycles. The third-order valence-electron chi connectivity index (χ3n) is 17.6. The minimum Gasteiger partial charge on any atom is -0.462 e. The molecule has 93 heavy (non-hydrogen) atoms. The van der Waals surface area contributed by atoms with E-state index in [-0.39, 0.29) is 25.7 Å². The highest BCUT2D eigenvalue weighted by Crippen LogP contribution is 2.45. The molecular weight excluding hydrogens is 1220 g/mol. The summed E-state index contributed by atoms with van der Waals surface area (Å²) in [5, 5.41) is 10.6. The monoisotopic (exact) mass is 1370 g/mol. The van der Waals surface area contributed by atoms with Gasteiger partial charge >= 0.3 is 39.5 Å². The summed E-state index contributed by atoms with van der Waals surface area (Å²) in [4.78, 5) is 72.6. The quantitative estimate of drug-likeness (QED) is 0.0222. The Hall–Kier alpha value is -1.94. The van der Waals surface area contributed by atoms with Crippen LogP contribution in [0.15, 0.2) is 0 Å². The molecule has 0 saturated carbocycles. The first-order chi connectivity index (χ1) is 44.9. The topological polar surface area (TPSA) is 237 Å². The summed E-state index contributed by atoms with van der Waals surface area (Å²) < 4.78 is 68.4. The van der Waals surface area contributed by atoms with E-state index in [1.54, 1.807) is 0 Å². The van der Waals surface area contributed by atoms with Crippen LogP contribution in [0.2, 0.25) is 0 Å². The number of ether oxygens (including phenoxy) is 4. The zero-order chi connectivity index (χ0) is 68.6. The molecule has 0 rings (SSSR count). The van der Waals surface area contributed by atoms with Gasteiger partial charge in [0.25, 0.3) is 0 Å². The van der Waals surface area contributed by atoms with Crippen molar-refractivity contribution in [1.29, 1.82) is 0 Å². The highest BCUT2D eigenvalue weighted by Gasteiger charge is 2.30. The third kappa shape index (κ3) is 67.0. The fourth-order valence-electron chi connectivity index (χ4n) is 11.3. The van der Waals surface area contributed by atoms with Crippen molar-refractivity contribution in [2.75, 3.05) is 39.6 Å². The number of unbranched alkanes of at least 4 members (excludes halogenated alkanes) is 42. The van der Waals surface area contributed by atoms with E-state index >= 15 is 0 Å². The molecule has 3 unspecified atom stereocenters. The second-order valence-corrected chi connectivity index (χ2v) is 30.3. The molecule has 0 spiro atoms. The molecule has 0 aliphatic carbocycles. The zero-order valence-corrected chi connectivity index (χ0v) is 62.3. The summed E-state index contributed by atoms with van der Waals surface area (Å²) in [5.74, 6) is -0.697. The normalized spacial score (nSPS) is 14.3. The Balaban J connectivity index is 5.18. The van der Waals surface area contributed by atoms with E-state index in [9.17, 15) is 43.2 Å². The van der Waals surface area contributed by atoms with Crippen molar-refractivity contribution in [1.82, 2.24) is 0 Å². The fraction of sp³-hybridized carbons (Fsp3) is 0.946. The van der Waals surface area contributed by atoms with Gasteiger partial charge in [0.05, 0.1) is 26.4 Å². The Bertz CT molecular complexity index is 1810. The number of aliphatic hydroxyl groups is 1. The van der Waals surface area contributed by atoms with Crippen LogP contribution in [-0.2, 0) is 65.4 Å². The molecule has 0 heterocycles. The first kappa shape index (κ1) is 91.1. The van der Waals surface area contributed by atoms with Crippen molar-refractivity contribution >= 4 is 39.5 Å². The minimum absolute atomic E-state index is 0.103. The van der Waals surface area contributed by atoms with Crippen molar-refractivity contribution < 1.29 is 80.2 Å². The molecule has 0 bridgehead atoms. The van der Waals surface area contributed by atoms with Crippen molar-refractivity contribution in [3.8, 4) is 0 Å². The summed E-state index contributed by atoms with van der Waals surface area (Å²) in [5.41, 5.74) is 0. The van der Waals surface area contributed by atoms with Crippen LogP contribution in [0, 0.1) is 11.8 Å². The van der Waals surface area contributed by atoms with Gasteiger partial charge in [-0.05, 0) is 37.5 Å². The summed E-state index contributed by atoms with van der Waals surface area (Å²) in [7, 11) is -9.90. The fourth-order valence-corrected chi connectivity index (χ4v) is 12.8. The SMILES string of the molecule is CCCCCCCCCCCCCCCCCCCCCCCC(=O)O[C@H](COC(=O)CCCCCCCCCCCCCC)COP(=O)(O)OC[C@@H](O)COP(=O)(O)OC[C@@H](COC(=O)CCCCCCCCC(C)CC)OC(=O)CCCCCCCCCC(C)C. The molecule has 6 atom stereocenters. The summed E-state index contributed by atoms with van der Waals surface area (Å²) >= 11 is 0. The predicted molar refractivity (Wildman–Crippen MR) is 377 cm³/mol. The van der Waals surface area contributed by atoms with Gasteiger partial charge in [0.2, 0.25) is 0 Å². The number of rotatable bonds is 73. The van der Waals surface area contributed by atoms with Crippen LogP contribution >= 0.6 is 15.6 Å². The van der Waals surface area contributed by atoms with Gasteiger partial charge < -0.3 is 33.8 Å². The number of phosphoric acid groups is 2. The van der Waals surface area contributed by atoms with Gasteiger partial charge in [-0.1, -0.05) is 330 Å². The number of phosphoric ester groups is 2. The van der Waals surface area contributed by atoms with Crippen molar-refractivity contribution in [3.63, 3.8) is 0 Å². The number of carbonyl (C=O) groups is 4. The van der Waals surface area contributed by atoms with Gasteiger partial charge in [-0.15, -0.1) is 0 Å². The Morgan fingerprint density at radius 3 is 0.817 bits per heavy atom. The van der Waals surface area contributed by atoms with Crippen molar-refractivity contribution in [2.24, 2.45) is 11.8 Å². The summed E-state index contributed by atoms with van der Waals surface area (Å²) in [6.07, 6.45) is 53.0. The Morgan fingerprint density at radius 2 is 0.548 bits per heavy atom. The zero-order valence-electron chi connectivity index (χ0n) is 60.6. The molecule has 0 fully saturated rings. The Morgan fingerprint density at radius 1 is 0.312 bits per heavy atom. The predicted octanol–water partition coefficient (Wildman–Crippen LogP) is 21.6. The summed E-state index contributed by atoms with van der Waals surface area (Å²) in [6, 6.07) is 0. The average molecular weight is 1370 g/mol. The molecule has 0 radical (unpaired) electrons. The Kier molecular flexibility index (Phi) is 64.6. The average Bonchev–Trinajstić information content (AvgIpc) is 2.25. The smallest absolute Gasteiger partial charge is 0.462 e. The van der Waals surface area contributed by atoms with E-state index in [0.29, 0.717) is 31.6 Å². The molecule has 0 aliphatic rings. The van der Waals surface area contributed by atoms with E-state index < -0.39 is 97.5 Å². The lowest BCUT2D eigenvalue weighted by molar-refractivity contribution is -0.161. The van der Waals surface area contributed by atoms with E-state index in [0.717, 1.165) is 102 Å². The number of esters is 4. The number of aliphatic hydroxyl groups excluding tert-OH is 1. The van der Waals surface area contributed by atoms with E-state index in [2.05, 4.69) is 41.5 Å². The largest absolute Gasteiger partial charge is 0.472 e. The minimum atomic E-state index is -4.95. The number of carbonyl (C=O) groups excluding carboxylic acids is 4. The van der Waals surface area contributed by atoms with Gasteiger partial charge in [-0.2, -0.15) is 0 Å². The molecule has 3 N–H and O–H groups in total.